The summed E-state index contributed by atoms with van der Waals surface area (Å²) in [5, 5.41) is 13.5. The molecule has 0 amide bonds. The average Bonchev–Trinajstić information content (AvgIpc) is 2.53. The van der Waals surface area contributed by atoms with E-state index in [1.165, 1.54) is 16.7 Å². The molecule has 116 valence electrons. The second-order valence-corrected chi connectivity index (χ2v) is 6.01. The number of aliphatic hydroxyl groups excluding tert-OH is 1. The molecule has 4 nitrogen and oxygen atoms in total. The summed E-state index contributed by atoms with van der Waals surface area (Å²) in [6.45, 7) is 5.18. The maximum atomic E-state index is 10.2. The molecule has 1 unspecified atom stereocenters. The molecule has 0 radical (unpaired) electrons. The van der Waals surface area contributed by atoms with Crippen LogP contribution in [0.15, 0.2) is 42.6 Å². The predicted molar refractivity (Wildman–Crippen MR) is 88.9 cm³/mol. The number of β-amino-alcohol motifs (C(OH)–C–C–N with tert-alkyl or cyclic N) is 1. The van der Waals surface area contributed by atoms with Gasteiger partial charge in [0.05, 0.1) is 6.10 Å². The maximum absolute atomic E-state index is 10.2. The summed E-state index contributed by atoms with van der Waals surface area (Å²) in [4.78, 5) is 6.57. The first-order chi connectivity index (χ1) is 10.7. The molecule has 2 aromatic rings. The topological polar surface area (TPSA) is 48.4 Å². The van der Waals surface area contributed by atoms with Crippen molar-refractivity contribution in [1.29, 1.82) is 0 Å². The largest absolute Gasteiger partial charge is 0.390 e. The lowest BCUT2D eigenvalue weighted by Gasteiger charge is -2.30. The molecule has 1 aliphatic rings. The highest BCUT2D eigenvalue weighted by Crippen LogP contribution is 2.18. The second kappa shape index (κ2) is 6.90. The Bertz CT molecular complexity index is 629. The van der Waals surface area contributed by atoms with Gasteiger partial charge >= 0.3 is 0 Å². The van der Waals surface area contributed by atoms with E-state index in [1.807, 2.05) is 19.1 Å². The van der Waals surface area contributed by atoms with Crippen LogP contribution in [-0.2, 0) is 13.0 Å². The molecule has 1 aliphatic heterocycles. The molecule has 4 heteroatoms. The summed E-state index contributed by atoms with van der Waals surface area (Å²) in [6, 6.07) is 12.5. The molecule has 1 aromatic carbocycles. The number of hydrogen-bond acceptors (Lipinski definition) is 4. The Morgan fingerprint density at radius 1 is 1.27 bits per heavy atom. The molecule has 0 aliphatic carbocycles. The highest BCUT2D eigenvalue weighted by molar-refractivity contribution is 5.37. The second-order valence-electron chi connectivity index (χ2n) is 6.01. The molecule has 0 saturated heterocycles. The van der Waals surface area contributed by atoms with Crippen LogP contribution in [0.5, 0.6) is 0 Å². The fourth-order valence-electron chi connectivity index (χ4n) is 2.93. The van der Waals surface area contributed by atoms with Crippen molar-refractivity contribution in [3.8, 4) is 0 Å². The van der Waals surface area contributed by atoms with E-state index >= 15 is 0 Å². The Balaban J connectivity index is 1.49. The van der Waals surface area contributed by atoms with Crippen molar-refractivity contribution >= 4 is 5.82 Å². The fourth-order valence-corrected chi connectivity index (χ4v) is 2.93. The van der Waals surface area contributed by atoms with Crippen molar-refractivity contribution in [3.63, 3.8) is 0 Å². The smallest absolute Gasteiger partial charge is 0.126 e. The fraction of sp³-hybridized carbons (Fsp3) is 0.389. The molecule has 2 N–H and O–H groups in total. The van der Waals surface area contributed by atoms with Crippen LogP contribution in [0.2, 0.25) is 0 Å². The predicted octanol–water partition coefficient (Wildman–Crippen LogP) is 2.22. The number of nitrogens with one attached hydrogen (secondary N) is 1. The van der Waals surface area contributed by atoms with Crippen molar-refractivity contribution < 1.29 is 5.11 Å². The lowest BCUT2D eigenvalue weighted by Crippen LogP contribution is -2.39. The molecule has 2 heterocycles. The first-order valence-corrected chi connectivity index (χ1v) is 7.84. The lowest BCUT2D eigenvalue weighted by molar-refractivity contribution is 0.114. The number of aryl methyl sites for hydroxylation is 1. The molecule has 1 atom stereocenters. The Kier molecular flexibility index (Phi) is 4.71. The summed E-state index contributed by atoms with van der Waals surface area (Å²) in [5.41, 5.74) is 3.99. The van der Waals surface area contributed by atoms with Gasteiger partial charge in [-0.15, -0.1) is 0 Å². The van der Waals surface area contributed by atoms with Gasteiger partial charge in [0.15, 0.2) is 0 Å². The van der Waals surface area contributed by atoms with Gasteiger partial charge in [-0.2, -0.15) is 0 Å². The summed E-state index contributed by atoms with van der Waals surface area (Å²) in [5.74, 6) is 0.822. The number of nitrogens with zero attached hydrogens (tertiary/aromatic N) is 2. The zero-order chi connectivity index (χ0) is 15.4. The standard InChI is InChI=1S/C18H23N3O/c1-14-6-8-19-18(10-14)20-11-17(22)13-21-9-7-15-4-2-3-5-16(15)12-21/h2-6,8,10,17,22H,7,9,11-13H2,1H3,(H,19,20). The van der Waals surface area contributed by atoms with Crippen LogP contribution in [0.3, 0.4) is 0 Å². The van der Waals surface area contributed by atoms with Crippen molar-refractivity contribution in [2.24, 2.45) is 0 Å². The van der Waals surface area contributed by atoms with E-state index in [-0.39, 0.29) is 0 Å². The van der Waals surface area contributed by atoms with E-state index in [0.717, 1.165) is 25.3 Å². The van der Waals surface area contributed by atoms with E-state index < -0.39 is 6.10 Å². The highest BCUT2D eigenvalue weighted by Gasteiger charge is 2.18. The van der Waals surface area contributed by atoms with Gasteiger partial charge in [-0.05, 0) is 42.2 Å². The van der Waals surface area contributed by atoms with Crippen LogP contribution in [-0.4, -0.2) is 40.7 Å². The number of benzene rings is 1. The number of aromatic nitrogens is 1. The average molecular weight is 297 g/mol. The third kappa shape index (κ3) is 3.84. The van der Waals surface area contributed by atoms with Gasteiger partial charge in [0.1, 0.15) is 5.82 Å². The summed E-state index contributed by atoms with van der Waals surface area (Å²) >= 11 is 0. The van der Waals surface area contributed by atoms with Gasteiger partial charge in [-0.1, -0.05) is 24.3 Å². The molecular formula is C18H23N3O. The van der Waals surface area contributed by atoms with Crippen LogP contribution >= 0.6 is 0 Å². The molecule has 0 spiro atoms. The van der Waals surface area contributed by atoms with Crippen molar-refractivity contribution in [3.05, 3.63) is 59.3 Å². The SMILES string of the molecule is Cc1ccnc(NCC(O)CN2CCc3ccccc3C2)c1. The van der Waals surface area contributed by atoms with Gasteiger partial charge in [-0.25, -0.2) is 4.98 Å². The first kappa shape index (κ1) is 15.0. The normalized spacial score (nSPS) is 16.1. The van der Waals surface area contributed by atoms with Crippen LogP contribution < -0.4 is 5.32 Å². The highest BCUT2D eigenvalue weighted by atomic mass is 16.3. The first-order valence-electron chi connectivity index (χ1n) is 7.84. The van der Waals surface area contributed by atoms with Crippen molar-refractivity contribution in [1.82, 2.24) is 9.88 Å². The van der Waals surface area contributed by atoms with Gasteiger partial charge in [0.25, 0.3) is 0 Å². The summed E-state index contributed by atoms with van der Waals surface area (Å²) in [7, 11) is 0. The number of aliphatic hydroxyl groups is 1. The summed E-state index contributed by atoms with van der Waals surface area (Å²) in [6.07, 6.45) is 2.45. The van der Waals surface area contributed by atoms with E-state index in [1.54, 1.807) is 6.20 Å². The minimum Gasteiger partial charge on any atom is -0.390 e. The number of hydrogen-bond donors (Lipinski definition) is 2. The zero-order valence-corrected chi connectivity index (χ0v) is 13.0. The third-order valence-electron chi connectivity index (χ3n) is 4.11. The Morgan fingerprint density at radius 3 is 2.91 bits per heavy atom. The maximum Gasteiger partial charge on any atom is 0.126 e. The number of fused-ring (bicyclic) bond motifs is 1. The van der Waals surface area contributed by atoms with Gasteiger partial charge in [0, 0.05) is 32.4 Å². The van der Waals surface area contributed by atoms with E-state index in [2.05, 4.69) is 39.5 Å². The van der Waals surface area contributed by atoms with Crippen LogP contribution in [0.1, 0.15) is 16.7 Å². The molecule has 0 saturated carbocycles. The minimum absolute atomic E-state index is 0.396. The van der Waals surface area contributed by atoms with Crippen molar-refractivity contribution in [2.75, 3.05) is 25.0 Å². The van der Waals surface area contributed by atoms with E-state index in [0.29, 0.717) is 13.1 Å². The summed E-state index contributed by atoms with van der Waals surface area (Å²) < 4.78 is 0. The van der Waals surface area contributed by atoms with E-state index in [4.69, 9.17) is 0 Å². The Hall–Kier alpha value is -1.91. The number of rotatable bonds is 5. The van der Waals surface area contributed by atoms with Gasteiger partial charge < -0.3 is 10.4 Å². The van der Waals surface area contributed by atoms with Crippen LogP contribution in [0.25, 0.3) is 0 Å². The molecule has 22 heavy (non-hydrogen) atoms. The zero-order valence-electron chi connectivity index (χ0n) is 13.0. The monoisotopic (exact) mass is 297 g/mol. The van der Waals surface area contributed by atoms with E-state index in [9.17, 15) is 5.11 Å². The van der Waals surface area contributed by atoms with Gasteiger partial charge in [0.2, 0.25) is 0 Å². The number of anilines is 1. The number of pyridine rings is 1. The third-order valence-corrected chi connectivity index (χ3v) is 4.11. The van der Waals surface area contributed by atoms with Crippen LogP contribution in [0.4, 0.5) is 5.82 Å². The molecule has 1 aromatic heterocycles. The Labute approximate surface area is 131 Å². The molecule has 0 bridgehead atoms. The quantitative estimate of drug-likeness (QED) is 0.888. The lowest BCUT2D eigenvalue weighted by atomic mass is 10.00. The van der Waals surface area contributed by atoms with Gasteiger partial charge in [-0.3, -0.25) is 4.90 Å². The molecule has 3 rings (SSSR count). The van der Waals surface area contributed by atoms with Crippen molar-refractivity contribution in [2.45, 2.75) is 26.0 Å². The molecular weight excluding hydrogens is 274 g/mol. The Morgan fingerprint density at radius 2 is 2.09 bits per heavy atom. The molecule has 0 fully saturated rings. The minimum atomic E-state index is -0.396. The van der Waals surface area contributed by atoms with Crippen LogP contribution in [0, 0.1) is 6.92 Å².